The van der Waals surface area contributed by atoms with Crippen LogP contribution in [-0.4, -0.2) is 15.7 Å². The number of halogens is 1. The number of carbonyl (C=O) groups excluding carboxylic acids is 1. The highest BCUT2D eigenvalue weighted by Gasteiger charge is 2.23. The topological polar surface area (TPSA) is 46.9 Å². The second-order valence-electron chi connectivity index (χ2n) is 9.68. The number of rotatable bonds is 5. The van der Waals surface area contributed by atoms with Gasteiger partial charge in [0.05, 0.1) is 11.4 Å². The average molecular weight is 374 g/mol. The lowest BCUT2D eigenvalue weighted by atomic mass is 9.84. The van der Waals surface area contributed by atoms with E-state index in [4.69, 9.17) is 0 Å². The summed E-state index contributed by atoms with van der Waals surface area (Å²) in [7, 11) is 0. The summed E-state index contributed by atoms with van der Waals surface area (Å²) in [5.74, 6) is 0.563. The van der Waals surface area contributed by atoms with Crippen molar-refractivity contribution < 1.29 is 9.18 Å². The van der Waals surface area contributed by atoms with Crippen LogP contribution in [0.1, 0.15) is 67.0 Å². The molecule has 1 unspecified atom stereocenters. The molecule has 0 radical (unpaired) electrons. The second kappa shape index (κ2) is 7.83. The van der Waals surface area contributed by atoms with E-state index in [0.29, 0.717) is 17.9 Å². The van der Waals surface area contributed by atoms with Gasteiger partial charge in [0, 0.05) is 17.9 Å². The molecule has 0 aliphatic heterocycles. The quantitative estimate of drug-likeness (QED) is 0.730. The molecule has 1 aromatic heterocycles. The summed E-state index contributed by atoms with van der Waals surface area (Å²) >= 11 is 0. The van der Waals surface area contributed by atoms with Gasteiger partial charge in [-0.3, -0.25) is 4.79 Å². The molecule has 27 heavy (non-hydrogen) atoms. The maximum Gasteiger partial charge on any atom is 0.225 e. The Bertz CT molecular complexity index is 779. The summed E-state index contributed by atoms with van der Waals surface area (Å²) < 4.78 is 15.0. The molecule has 0 aliphatic rings. The van der Waals surface area contributed by atoms with Crippen molar-refractivity contribution in [3.05, 3.63) is 41.8 Å². The minimum atomic E-state index is -0.302. The molecule has 148 valence electrons. The van der Waals surface area contributed by atoms with Crippen molar-refractivity contribution in [2.45, 2.75) is 66.7 Å². The zero-order valence-corrected chi connectivity index (χ0v) is 17.6. The van der Waals surface area contributed by atoms with Crippen LogP contribution in [0.25, 0.3) is 5.69 Å². The third-order valence-electron chi connectivity index (χ3n) is 4.31. The molecule has 0 bridgehead atoms. The molecule has 0 saturated heterocycles. The number of hydrogen-bond donors (Lipinski definition) is 1. The van der Waals surface area contributed by atoms with E-state index in [9.17, 15) is 9.18 Å². The monoisotopic (exact) mass is 373 g/mol. The Hall–Kier alpha value is -2.17. The Morgan fingerprint density at radius 2 is 1.74 bits per heavy atom. The third-order valence-corrected chi connectivity index (χ3v) is 4.31. The summed E-state index contributed by atoms with van der Waals surface area (Å²) in [6.07, 6.45) is 1.43. The van der Waals surface area contributed by atoms with Gasteiger partial charge >= 0.3 is 0 Å². The van der Waals surface area contributed by atoms with Crippen LogP contribution in [0.4, 0.5) is 10.2 Å². The average Bonchev–Trinajstić information content (AvgIpc) is 2.89. The molecule has 1 heterocycles. The van der Waals surface area contributed by atoms with Crippen LogP contribution in [0.5, 0.6) is 0 Å². The summed E-state index contributed by atoms with van der Waals surface area (Å²) in [5.41, 5.74) is 1.61. The minimum Gasteiger partial charge on any atom is -0.311 e. The van der Waals surface area contributed by atoms with E-state index in [-0.39, 0.29) is 28.5 Å². The number of benzene rings is 1. The van der Waals surface area contributed by atoms with Crippen LogP contribution < -0.4 is 5.32 Å². The normalized spacial score (nSPS) is 13.5. The molecule has 5 heteroatoms. The Kier molecular flexibility index (Phi) is 6.13. The van der Waals surface area contributed by atoms with Crippen molar-refractivity contribution in [3.8, 4) is 5.69 Å². The van der Waals surface area contributed by atoms with Crippen LogP contribution in [-0.2, 0) is 10.2 Å². The van der Waals surface area contributed by atoms with Gasteiger partial charge in [0.1, 0.15) is 11.6 Å². The van der Waals surface area contributed by atoms with E-state index >= 15 is 0 Å². The Morgan fingerprint density at radius 1 is 1.15 bits per heavy atom. The van der Waals surface area contributed by atoms with E-state index in [1.54, 1.807) is 16.8 Å². The van der Waals surface area contributed by atoms with Crippen LogP contribution in [0.2, 0.25) is 0 Å². The summed E-state index contributed by atoms with van der Waals surface area (Å²) in [6.45, 7) is 14.9. The minimum absolute atomic E-state index is 0.0320. The number of amides is 1. The molecule has 1 aromatic carbocycles. The van der Waals surface area contributed by atoms with Crippen molar-refractivity contribution in [3.63, 3.8) is 0 Å². The van der Waals surface area contributed by atoms with E-state index in [1.165, 1.54) is 12.1 Å². The van der Waals surface area contributed by atoms with Crippen molar-refractivity contribution in [2.75, 3.05) is 5.32 Å². The second-order valence-corrected chi connectivity index (χ2v) is 9.68. The fraction of sp³-hybridized carbons (Fsp3) is 0.545. The summed E-state index contributed by atoms with van der Waals surface area (Å²) in [6, 6.07) is 8.00. The number of nitrogens with zero attached hydrogens (tertiary/aromatic N) is 2. The Balaban J connectivity index is 2.25. The molecular formula is C22H32FN3O. The lowest BCUT2D eigenvalue weighted by molar-refractivity contribution is -0.117. The molecule has 0 spiro atoms. The van der Waals surface area contributed by atoms with Crippen LogP contribution in [0, 0.1) is 17.2 Å². The highest BCUT2D eigenvalue weighted by molar-refractivity contribution is 5.90. The van der Waals surface area contributed by atoms with Gasteiger partial charge in [-0.25, -0.2) is 9.07 Å². The van der Waals surface area contributed by atoms with Gasteiger partial charge in [-0.1, -0.05) is 48.5 Å². The largest absolute Gasteiger partial charge is 0.311 e. The summed E-state index contributed by atoms with van der Waals surface area (Å²) in [4.78, 5) is 12.6. The fourth-order valence-electron chi connectivity index (χ4n) is 3.24. The first-order valence-corrected chi connectivity index (χ1v) is 9.51. The van der Waals surface area contributed by atoms with E-state index in [1.807, 2.05) is 6.07 Å². The first-order chi connectivity index (χ1) is 12.3. The van der Waals surface area contributed by atoms with Crippen molar-refractivity contribution >= 4 is 11.7 Å². The van der Waals surface area contributed by atoms with Gasteiger partial charge < -0.3 is 5.32 Å². The van der Waals surface area contributed by atoms with Crippen molar-refractivity contribution in [1.82, 2.24) is 9.78 Å². The first-order valence-electron chi connectivity index (χ1n) is 9.51. The maximum atomic E-state index is 13.3. The van der Waals surface area contributed by atoms with Gasteiger partial charge in [0.2, 0.25) is 5.91 Å². The summed E-state index contributed by atoms with van der Waals surface area (Å²) in [5, 5.41) is 7.65. The van der Waals surface area contributed by atoms with E-state index in [2.05, 4.69) is 58.9 Å². The maximum absolute atomic E-state index is 13.3. The molecule has 4 nitrogen and oxygen atoms in total. The molecule has 1 N–H and O–H groups in total. The van der Waals surface area contributed by atoms with Crippen LogP contribution in [0.15, 0.2) is 30.3 Å². The van der Waals surface area contributed by atoms with Crippen LogP contribution >= 0.6 is 0 Å². The molecule has 1 atom stereocenters. The van der Waals surface area contributed by atoms with Gasteiger partial charge in [0.15, 0.2) is 0 Å². The van der Waals surface area contributed by atoms with Crippen molar-refractivity contribution in [2.24, 2.45) is 11.3 Å². The highest BCUT2D eigenvalue weighted by atomic mass is 19.1. The number of anilines is 1. The van der Waals surface area contributed by atoms with Crippen molar-refractivity contribution in [1.29, 1.82) is 0 Å². The highest BCUT2D eigenvalue weighted by Crippen LogP contribution is 2.28. The standard InChI is InChI=1S/C22H32FN3O/c1-15(14-21(2,3)4)12-20(27)24-19-13-18(22(5,6)7)25-26(19)17-10-8-16(23)9-11-17/h8-11,13,15H,12,14H2,1-7H3,(H,24,27). The molecule has 2 rings (SSSR count). The molecule has 1 amide bonds. The molecular weight excluding hydrogens is 341 g/mol. The fourth-order valence-corrected chi connectivity index (χ4v) is 3.24. The van der Waals surface area contributed by atoms with E-state index < -0.39 is 0 Å². The third kappa shape index (κ3) is 6.19. The first kappa shape index (κ1) is 21.1. The Morgan fingerprint density at radius 3 is 2.26 bits per heavy atom. The Labute approximate surface area is 162 Å². The molecule has 0 aliphatic carbocycles. The van der Waals surface area contributed by atoms with E-state index in [0.717, 1.165) is 12.1 Å². The zero-order chi connectivity index (χ0) is 20.4. The van der Waals surface area contributed by atoms with Gasteiger partial charge in [-0.2, -0.15) is 5.10 Å². The smallest absolute Gasteiger partial charge is 0.225 e. The molecule has 0 fully saturated rings. The predicted octanol–water partition coefficient (Wildman–Crippen LogP) is 5.71. The molecule has 2 aromatic rings. The zero-order valence-electron chi connectivity index (χ0n) is 17.6. The molecule has 0 saturated carbocycles. The lowest BCUT2D eigenvalue weighted by Gasteiger charge is -2.22. The number of carbonyl (C=O) groups is 1. The van der Waals surface area contributed by atoms with Gasteiger partial charge in [-0.05, 0) is 42.0 Å². The number of hydrogen-bond acceptors (Lipinski definition) is 2. The van der Waals surface area contributed by atoms with Gasteiger partial charge in [0.25, 0.3) is 0 Å². The van der Waals surface area contributed by atoms with Crippen LogP contribution in [0.3, 0.4) is 0 Å². The number of aromatic nitrogens is 2. The SMILES string of the molecule is CC(CC(=O)Nc1cc(C(C)(C)C)nn1-c1ccc(F)cc1)CC(C)(C)C. The predicted molar refractivity (Wildman–Crippen MR) is 109 cm³/mol. The lowest BCUT2D eigenvalue weighted by Crippen LogP contribution is -2.20. The van der Waals surface area contributed by atoms with Gasteiger partial charge in [-0.15, -0.1) is 0 Å². The number of nitrogens with one attached hydrogen (secondary N) is 1.